The number of hydrogen-bond donors (Lipinski definition) is 0. The Kier molecular flexibility index (Phi) is 18.6. The van der Waals surface area contributed by atoms with Crippen LogP contribution in [-0.2, 0) is 0 Å². The summed E-state index contributed by atoms with van der Waals surface area (Å²) < 4.78 is 2.50. The highest BCUT2D eigenvalue weighted by atomic mass is 32.1. The molecule has 552 valence electrons. The van der Waals surface area contributed by atoms with Crippen LogP contribution in [0.2, 0.25) is 0 Å². The normalized spacial score (nSPS) is 11.4. The van der Waals surface area contributed by atoms with E-state index < -0.39 is 0 Å². The van der Waals surface area contributed by atoms with Crippen molar-refractivity contribution in [1.82, 2.24) is 29.9 Å². The molecule has 16 aromatic carbocycles. The predicted molar refractivity (Wildman–Crippen MR) is 497 cm³/mol. The molecule has 8 heteroatoms. The molecule has 0 bridgehead atoms. The third-order valence-corrected chi connectivity index (χ3v) is 24.7. The largest absolute Gasteiger partial charge is 0.247 e. The summed E-state index contributed by atoms with van der Waals surface area (Å²) in [5.41, 5.74) is 27.7. The topological polar surface area (TPSA) is 77.3 Å². The molecular formula is C110H70N6S2. The van der Waals surface area contributed by atoms with E-state index in [4.69, 9.17) is 29.9 Å². The minimum atomic E-state index is 0.706. The van der Waals surface area contributed by atoms with Crippen LogP contribution in [0.4, 0.5) is 0 Å². The van der Waals surface area contributed by atoms with Gasteiger partial charge in [0.25, 0.3) is 0 Å². The van der Waals surface area contributed by atoms with E-state index in [0.29, 0.717) is 11.6 Å². The monoisotopic (exact) mass is 1540 g/mol. The van der Waals surface area contributed by atoms with Gasteiger partial charge in [0.1, 0.15) is 0 Å². The zero-order valence-corrected chi connectivity index (χ0v) is 65.5. The molecule has 6 aromatic heterocycles. The highest BCUT2D eigenvalue weighted by molar-refractivity contribution is 7.24. The molecule has 6 heterocycles. The van der Waals surface area contributed by atoms with Gasteiger partial charge in [-0.3, -0.25) is 0 Å². The Hall–Kier alpha value is -15.1. The number of nitrogens with zero attached hydrogens (tertiary/aromatic N) is 6. The highest BCUT2D eigenvalue weighted by Gasteiger charge is 2.27. The van der Waals surface area contributed by atoms with Crippen molar-refractivity contribution in [2.45, 2.75) is 0 Å². The molecule has 0 radical (unpaired) electrons. The highest BCUT2D eigenvalue weighted by Crippen LogP contribution is 2.54. The van der Waals surface area contributed by atoms with Gasteiger partial charge in [-0.25, -0.2) is 29.9 Å². The number of pyridine rings is 2. The van der Waals surface area contributed by atoms with Crippen LogP contribution >= 0.6 is 22.7 Å². The molecule has 0 aliphatic rings. The van der Waals surface area contributed by atoms with Crippen molar-refractivity contribution in [2.24, 2.45) is 0 Å². The van der Waals surface area contributed by atoms with E-state index in [9.17, 15) is 0 Å². The van der Waals surface area contributed by atoms with Crippen molar-refractivity contribution in [3.05, 3.63) is 425 Å². The Bertz CT molecular complexity index is 7380. The molecule has 22 aromatic rings. The van der Waals surface area contributed by atoms with E-state index in [1.165, 1.54) is 95.6 Å². The van der Waals surface area contributed by atoms with E-state index in [1.54, 1.807) is 0 Å². The molecule has 0 aliphatic carbocycles. The number of aromatic nitrogens is 6. The summed E-state index contributed by atoms with van der Waals surface area (Å²) in [7, 11) is 0. The van der Waals surface area contributed by atoms with Crippen molar-refractivity contribution in [3.8, 4) is 156 Å². The maximum atomic E-state index is 5.40. The van der Waals surface area contributed by atoms with Crippen molar-refractivity contribution >= 4 is 86.2 Å². The Labute approximate surface area is 691 Å². The third-order valence-electron chi connectivity index (χ3n) is 22.2. The second kappa shape index (κ2) is 31.0. The van der Waals surface area contributed by atoms with Gasteiger partial charge in [-0.05, 0) is 102 Å². The van der Waals surface area contributed by atoms with E-state index in [2.05, 4.69) is 364 Å². The van der Waals surface area contributed by atoms with Crippen molar-refractivity contribution in [1.29, 1.82) is 0 Å². The fourth-order valence-corrected chi connectivity index (χ4v) is 19.2. The molecule has 0 N–H and O–H groups in total. The summed E-state index contributed by atoms with van der Waals surface area (Å²) in [4.78, 5) is 33.4. The summed E-state index contributed by atoms with van der Waals surface area (Å²) in [6.45, 7) is 0. The fraction of sp³-hybridized carbons (Fsp3) is 0. The molecule has 6 nitrogen and oxygen atoms in total. The van der Waals surface area contributed by atoms with Crippen LogP contribution in [0.3, 0.4) is 0 Å². The fourth-order valence-electron chi connectivity index (χ4n) is 16.5. The van der Waals surface area contributed by atoms with Crippen LogP contribution in [0.1, 0.15) is 0 Å². The van der Waals surface area contributed by atoms with Gasteiger partial charge in [-0.1, -0.05) is 388 Å². The number of thiophene rings is 2. The van der Waals surface area contributed by atoms with E-state index in [-0.39, 0.29) is 0 Å². The van der Waals surface area contributed by atoms with Crippen molar-refractivity contribution < 1.29 is 0 Å². The second-order valence-corrected chi connectivity index (χ2v) is 31.5. The number of hydrogen-bond acceptors (Lipinski definition) is 8. The molecule has 0 spiro atoms. The molecule has 0 saturated heterocycles. The van der Waals surface area contributed by atoms with E-state index in [1.807, 2.05) is 83.3 Å². The SMILES string of the molecule is c1ccc(-c2cc(-c3ccc(-c4ccc(-c5sc6c(c(-c7ccccc7)nc7ccccc76)c5-c5cccc6ccccc56)cc4)cc3)nc(-c3ccccc3)n2)cc1.c1ccc(-c2cc(-c3cccc(-c4cccc(-c5sc6c(c(-c7ccccc7)nc7ccccc76)c5-c5cccc6ccccc56)c4)c3)nc(-c3ccccc3)n2)cc1. The van der Waals surface area contributed by atoms with Gasteiger partial charge in [0, 0.05) is 96.3 Å². The number of rotatable bonds is 14. The summed E-state index contributed by atoms with van der Waals surface area (Å²) in [5.74, 6) is 1.42. The first kappa shape index (κ1) is 70.8. The van der Waals surface area contributed by atoms with Crippen LogP contribution in [0, 0.1) is 0 Å². The van der Waals surface area contributed by atoms with Gasteiger partial charge in [-0.15, -0.1) is 22.7 Å². The minimum Gasteiger partial charge on any atom is -0.247 e. The molecule has 22 rings (SSSR count). The first-order valence-electron chi connectivity index (χ1n) is 39.7. The van der Waals surface area contributed by atoms with E-state index in [0.717, 1.165) is 112 Å². The quantitative estimate of drug-likeness (QED) is 0.108. The average molecular weight is 1540 g/mol. The predicted octanol–water partition coefficient (Wildman–Crippen LogP) is 30.1. The summed E-state index contributed by atoms with van der Waals surface area (Å²) in [6.07, 6.45) is 0. The number of para-hydroxylation sites is 2. The second-order valence-electron chi connectivity index (χ2n) is 29.5. The lowest BCUT2D eigenvalue weighted by Crippen LogP contribution is -1.96. The van der Waals surface area contributed by atoms with Gasteiger partial charge < -0.3 is 0 Å². The molecule has 0 saturated carbocycles. The number of fused-ring (bicyclic) bond motifs is 8. The summed E-state index contributed by atoms with van der Waals surface area (Å²) >= 11 is 3.73. The maximum Gasteiger partial charge on any atom is 0.160 e. The first-order valence-corrected chi connectivity index (χ1v) is 41.3. The third kappa shape index (κ3) is 13.5. The summed E-state index contributed by atoms with van der Waals surface area (Å²) in [6, 6.07) is 150. The molecule has 0 unspecified atom stereocenters. The van der Waals surface area contributed by atoms with Gasteiger partial charge in [0.15, 0.2) is 11.6 Å². The van der Waals surface area contributed by atoms with Crippen LogP contribution in [0.15, 0.2) is 425 Å². The molecule has 118 heavy (non-hydrogen) atoms. The lowest BCUT2D eigenvalue weighted by molar-refractivity contribution is 1.18. The molecular weight excluding hydrogens is 1470 g/mol. The van der Waals surface area contributed by atoms with Gasteiger partial charge >= 0.3 is 0 Å². The minimum absolute atomic E-state index is 0.706. The molecule has 0 atom stereocenters. The standard InChI is InChI=1S/2C55H35N3S/c1-4-18-37(19-5-1)48-35-49(58-55(57-48)39-22-8-3-9-23-39)42-27-14-25-40(33-42)41-26-15-28-43(34-41)53-50(45-31-16-24-36-17-10-11-29-44(36)45)51-52(38-20-6-2-7-21-38)56-47-32-13-12-30-46(47)54(51)59-53;1-4-16-39(17-5-1)48-35-49(58-55(57-48)43-20-8-3-9-21-43)40-31-27-36(28-32-40)37-29-33-42(34-30-37)53-50(45-25-14-22-38-15-10-11-23-44(38)45)51-52(41-18-6-2-7-19-41)56-47-26-13-12-24-46(47)54(51)59-53/h2*1-35H. The zero-order chi connectivity index (χ0) is 78.2. The summed E-state index contributed by atoms with van der Waals surface area (Å²) in [5, 5.41) is 9.61. The molecule has 0 amide bonds. The Morgan fingerprint density at radius 3 is 0.898 bits per heavy atom. The number of benzene rings is 16. The van der Waals surface area contributed by atoms with Gasteiger partial charge in [0.05, 0.1) is 45.2 Å². The van der Waals surface area contributed by atoms with Crippen molar-refractivity contribution in [3.63, 3.8) is 0 Å². The maximum absolute atomic E-state index is 5.40. The van der Waals surface area contributed by atoms with Gasteiger partial charge in [0.2, 0.25) is 0 Å². The molecule has 0 aliphatic heterocycles. The van der Waals surface area contributed by atoms with Crippen LogP contribution < -0.4 is 0 Å². The Morgan fingerprint density at radius 1 is 0.178 bits per heavy atom. The lowest BCUT2D eigenvalue weighted by Gasteiger charge is -2.13. The average Bonchev–Trinajstić information content (AvgIpc) is 1.57. The van der Waals surface area contributed by atoms with Crippen LogP contribution in [0.5, 0.6) is 0 Å². The van der Waals surface area contributed by atoms with Crippen LogP contribution in [-0.4, -0.2) is 29.9 Å². The smallest absolute Gasteiger partial charge is 0.160 e. The van der Waals surface area contributed by atoms with E-state index >= 15 is 0 Å². The first-order chi connectivity index (χ1) is 58.5. The van der Waals surface area contributed by atoms with Crippen molar-refractivity contribution in [2.75, 3.05) is 0 Å². The van der Waals surface area contributed by atoms with Gasteiger partial charge in [-0.2, -0.15) is 0 Å². The van der Waals surface area contributed by atoms with Crippen LogP contribution in [0.25, 0.3) is 219 Å². The Morgan fingerprint density at radius 2 is 0.466 bits per heavy atom. The zero-order valence-electron chi connectivity index (χ0n) is 63.9. The Balaban J connectivity index is 0.000000147. The lowest BCUT2D eigenvalue weighted by atomic mass is 9.91. The molecule has 0 fully saturated rings.